The maximum absolute atomic E-state index is 11.2. The average molecular weight is 671 g/mol. The standard InChI is InChI=1S/C40H38B10N2O/c41-31-27-25(19-13-15-22(16-14-19)52-24-12-5-4-11-23(24)51-39(52)40(49,50)53)28-30(34(44)38(48)36(46)32(28)42)26(29(27)33(43)37(47)35(31)45)21-10-6-9-20(17-21)18-7-2-1-3-8-18/h1-17,53H,41-50H2. The van der Waals surface area contributed by atoms with E-state index >= 15 is 0 Å². The fraction of sp³-hybridized carbons (Fsp3) is 0.0250. The Labute approximate surface area is 321 Å². The van der Waals surface area contributed by atoms with Crippen molar-refractivity contribution in [3.8, 4) is 39.1 Å². The predicted octanol–water partition coefficient (Wildman–Crippen LogP) is -6.23. The van der Waals surface area contributed by atoms with Gasteiger partial charge >= 0.3 is 0 Å². The number of nitrogens with zero attached hydrogens (tertiary/aromatic N) is 2. The SMILES string of the molecule is Bc1c(B)c(B)c2c(-c3cccc(-c4ccccc4)c3)c3c(B)c(B)c(B)c(B)c3c(-c3ccc(-n4c(C(B)(B)O)nc5ccccc54)cc3)c2c1B. The largest absolute Gasteiger partial charge is 0.400 e. The molecule has 0 aliphatic carbocycles. The van der Waals surface area contributed by atoms with Crippen LogP contribution < -0.4 is 43.7 Å². The summed E-state index contributed by atoms with van der Waals surface area (Å²) in [7, 11) is 22.0. The highest BCUT2D eigenvalue weighted by Gasteiger charge is 2.27. The molecule has 3 nitrogen and oxygen atoms in total. The molecule has 0 amide bonds. The van der Waals surface area contributed by atoms with Crippen LogP contribution in [0.5, 0.6) is 0 Å². The first-order chi connectivity index (χ1) is 25.3. The monoisotopic (exact) mass is 672 g/mol. The molecule has 8 aromatic rings. The van der Waals surface area contributed by atoms with Crippen molar-refractivity contribution >= 4 is 155 Å². The lowest BCUT2D eigenvalue weighted by Gasteiger charge is -2.28. The smallest absolute Gasteiger partial charge is 0.141 e. The predicted molar refractivity (Wildman–Crippen MR) is 259 cm³/mol. The molecule has 0 radical (unpaired) electrons. The number of para-hydroxylation sites is 2. The molecule has 1 aromatic heterocycles. The molecule has 1 heterocycles. The quantitative estimate of drug-likeness (QED) is 0.146. The minimum atomic E-state index is -1.12. The number of hydrogen-bond acceptors (Lipinski definition) is 2. The van der Waals surface area contributed by atoms with Crippen molar-refractivity contribution in [1.82, 2.24) is 9.55 Å². The van der Waals surface area contributed by atoms with Gasteiger partial charge in [-0.2, -0.15) is 0 Å². The molecule has 0 unspecified atom stereocenters. The van der Waals surface area contributed by atoms with Gasteiger partial charge < -0.3 is 5.11 Å². The van der Waals surface area contributed by atoms with Crippen molar-refractivity contribution < 1.29 is 5.11 Å². The molecule has 53 heavy (non-hydrogen) atoms. The van der Waals surface area contributed by atoms with Crippen LogP contribution in [0.15, 0.2) is 103 Å². The summed E-state index contributed by atoms with van der Waals surface area (Å²) in [6.07, 6.45) is 0. The highest BCUT2D eigenvalue weighted by Crippen LogP contribution is 2.41. The molecular weight excluding hydrogens is 633 g/mol. The van der Waals surface area contributed by atoms with E-state index in [1.165, 1.54) is 98.6 Å². The second-order valence-electron chi connectivity index (χ2n) is 15.6. The summed E-state index contributed by atoms with van der Waals surface area (Å²) in [6, 6.07) is 36.9. The first-order valence-corrected chi connectivity index (χ1v) is 18.7. The summed E-state index contributed by atoms with van der Waals surface area (Å²) in [5.74, 6) is 0.625. The number of rotatable bonds is 5. The molecule has 0 atom stereocenters. The Morgan fingerprint density at radius 1 is 0.453 bits per heavy atom. The van der Waals surface area contributed by atoms with E-state index in [-0.39, 0.29) is 0 Å². The van der Waals surface area contributed by atoms with Gasteiger partial charge in [-0.1, -0.05) is 94.6 Å². The van der Waals surface area contributed by atoms with E-state index in [1.54, 1.807) is 15.7 Å². The van der Waals surface area contributed by atoms with Gasteiger partial charge in [-0.05, 0) is 85.3 Å². The first-order valence-electron chi connectivity index (χ1n) is 18.7. The van der Waals surface area contributed by atoms with Gasteiger partial charge in [-0.25, -0.2) is 4.98 Å². The fourth-order valence-corrected chi connectivity index (χ4v) is 8.66. The van der Waals surface area contributed by atoms with Gasteiger partial charge in [-0.3, -0.25) is 4.57 Å². The highest BCUT2D eigenvalue weighted by molar-refractivity contribution is 6.71. The Morgan fingerprint density at radius 3 is 1.43 bits per heavy atom. The van der Waals surface area contributed by atoms with E-state index in [1.807, 2.05) is 18.2 Å². The number of benzene rings is 7. The molecule has 0 spiro atoms. The molecule has 0 saturated heterocycles. The Balaban J connectivity index is 1.50. The van der Waals surface area contributed by atoms with Gasteiger partial charge in [0, 0.05) is 5.69 Å². The number of imidazole rings is 1. The molecule has 244 valence electrons. The minimum Gasteiger partial charge on any atom is -0.400 e. The maximum Gasteiger partial charge on any atom is 0.141 e. The zero-order valence-corrected chi connectivity index (χ0v) is 32.7. The summed E-state index contributed by atoms with van der Waals surface area (Å²) in [5.41, 5.74) is 21.0. The van der Waals surface area contributed by atoms with E-state index in [2.05, 4.69) is 152 Å². The summed E-state index contributed by atoms with van der Waals surface area (Å²) in [6.45, 7) is 0. The van der Waals surface area contributed by atoms with E-state index in [4.69, 9.17) is 4.98 Å². The molecule has 0 aliphatic rings. The van der Waals surface area contributed by atoms with Crippen LogP contribution in [0.1, 0.15) is 5.82 Å². The van der Waals surface area contributed by atoms with E-state index < -0.39 is 5.40 Å². The number of aliphatic hydroxyl groups is 1. The van der Waals surface area contributed by atoms with Crippen LogP contribution in [0.25, 0.3) is 71.6 Å². The molecule has 0 fully saturated rings. The van der Waals surface area contributed by atoms with Gasteiger partial charge in [0.25, 0.3) is 0 Å². The molecule has 7 aromatic carbocycles. The topological polar surface area (TPSA) is 38.0 Å². The first kappa shape index (κ1) is 35.2. The Bertz CT molecular complexity index is 2710. The lowest BCUT2D eigenvalue weighted by atomic mass is 9.59. The molecule has 13 heteroatoms. The summed E-state index contributed by atoms with van der Waals surface area (Å²) < 4.78 is 2.10. The maximum atomic E-state index is 11.2. The van der Waals surface area contributed by atoms with Crippen molar-refractivity contribution in [2.75, 3.05) is 0 Å². The van der Waals surface area contributed by atoms with Crippen LogP contribution in [-0.2, 0) is 5.40 Å². The van der Waals surface area contributed by atoms with Gasteiger partial charge in [0.2, 0.25) is 0 Å². The Morgan fingerprint density at radius 2 is 0.906 bits per heavy atom. The zero-order valence-electron chi connectivity index (χ0n) is 32.7. The summed E-state index contributed by atoms with van der Waals surface area (Å²) >= 11 is 0. The van der Waals surface area contributed by atoms with Crippen LogP contribution >= 0.6 is 0 Å². The van der Waals surface area contributed by atoms with Crippen molar-refractivity contribution in [3.63, 3.8) is 0 Å². The van der Waals surface area contributed by atoms with Crippen molar-refractivity contribution in [3.05, 3.63) is 109 Å². The van der Waals surface area contributed by atoms with Crippen molar-refractivity contribution in [2.24, 2.45) is 0 Å². The average Bonchev–Trinajstić information content (AvgIpc) is 3.58. The van der Waals surface area contributed by atoms with Crippen molar-refractivity contribution in [1.29, 1.82) is 0 Å². The Kier molecular flexibility index (Phi) is 8.58. The van der Waals surface area contributed by atoms with Crippen molar-refractivity contribution in [2.45, 2.75) is 5.40 Å². The van der Waals surface area contributed by atoms with Crippen LogP contribution in [0.3, 0.4) is 0 Å². The molecular formula is C40H38B10N2O. The third-order valence-corrected chi connectivity index (χ3v) is 12.2. The number of aromatic nitrogens is 2. The van der Waals surface area contributed by atoms with Gasteiger partial charge in [0.1, 0.15) is 84.3 Å². The van der Waals surface area contributed by atoms with Crippen LogP contribution in [-0.4, -0.2) is 93.1 Å². The van der Waals surface area contributed by atoms with Crippen LogP contribution in [0, 0.1) is 0 Å². The summed E-state index contributed by atoms with van der Waals surface area (Å²) in [5, 5.41) is 15.4. The second-order valence-corrected chi connectivity index (χ2v) is 15.6. The van der Waals surface area contributed by atoms with Gasteiger partial charge in [0.05, 0.1) is 16.4 Å². The lowest BCUT2D eigenvalue weighted by molar-refractivity contribution is 0.205. The number of hydrogen-bond donors (Lipinski definition) is 1. The lowest BCUT2D eigenvalue weighted by Crippen LogP contribution is -2.50. The second kappa shape index (κ2) is 12.9. The molecule has 1 N–H and O–H groups in total. The normalized spacial score (nSPS) is 11.9. The zero-order chi connectivity index (χ0) is 37.5. The molecule has 0 aliphatic heterocycles. The van der Waals surface area contributed by atoms with E-state index in [0.29, 0.717) is 5.82 Å². The molecule has 8 rings (SSSR count). The highest BCUT2D eigenvalue weighted by atomic mass is 16.3. The van der Waals surface area contributed by atoms with Crippen LogP contribution in [0.4, 0.5) is 0 Å². The molecule has 0 bridgehead atoms. The molecule has 0 saturated carbocycles. The van der Waals surface area contributed by atoms with Gasteiger partial charge in [0.15, 0.2) is 0 Å². The Hall–Kier alpha value is -4.86. The number of fused-ring (bicyclic) bond motifs is 3. The van der Waals surface area contributed by atoms with E-state index in [9.17, 15) is 5.11 Å². The van der Waals surface area contributed by atoms with E-state index in [0.717, 1.165) is 16.7 Å². The third kappa shape index (κ3) is 5.50. The summed E-state index contributed by atoms with van der Waals surface area (Å²) in [4.78, 5) is 4.88. The fourth-order valence-electron chi connectivity index (χ4n) is 8.66. The minimum absolute atomic E-state index is 0.625. The van der Waals surface area contributed by atoms with Gasteiger partial charge in [-0.15, -0.1) is 21.9 Å². The van der Waals surface area contributed by atoms with Crippen LogP contribution in [0.2, 0.25) is 0 Å². The third-order valence-electron chi connectivity index (χ3n) is 12.2.